The van der Waals surface area contributed by atoms with Crippen molar-refractivity contribution in [3.05, 3.63) is 34.3 Å². The van der Waals surface area contributed by atoms with Gasteiger partial charge in [0.25, 0.3) is 0 Å². The first kappa shape index (κ1) is 12.8. The summed E-state index contributed by atoms with van der Waals surface area (Å²) < 4.78 is 0. The predicted octanol–water partition coefficient (Wildman–Crippen LogP) is 1.59. The number of hydrogen-bond donors (Lipinski definition) is 2. The van der Waals surface area contributed by atoms with Crippen LogP contribution < -0.4 is 5.32 Å². The molecule has 17 heavy (non-hydrogen) atoms. The lowest BCUT2D eigenvalue weighted by Gasteiger charge is -2.34. The number of aliphatic hydroxyl groups excluding tert-OH is 1. The Morgan fingerprint density at radius 1 is 1.41 bits per heavy atom. The average Bonchev–Trinajstić information content (AvgIpc) is 2.36. The van der Waals surface area contributed by atoms with Gasteiger partial charge < -0.3 is 10.4 Å². The molecule has 1 aromatic carbocycles. The van der Waals surface area contributed by atoms with Crippen molar-refractivity contribution in [3.8, 4) is 0 Å². The molecule has 0 amide bonds. The van der Waals surface area contributed by atoms with Gasteiger partial charge in [-0.05, 0) is 24.1 Å². The van der Waals surface area contributed by atoms with Gasteiger partial charge in [-0.25, -0.2) is 0 Å². The molecule has 0 aromatic heterocycles. The first-order valence-electron chi connectivity index (χ1n) is 6.04. The van der Waals surface area contributed by atoms with Gasteiger partial charge in [0, 0.05) is 31.2 Å². The first-order chi connectivity index (χ1) is 8.22. The lowest BCUT2D eigenvalue weighted by molar-refractivity contribution is 0.111. The lowest BCUT2D eigenvalue weighted by Crippen LogP contribution is -2.46. The number of halogens is 1. The monoisotopic (exact) mass is 254 g/mol. The Labute approximate surface area is 107 Å². The van der Waals surface area contributed by atoms with Gasteiger partial charge in [0.1, 0.15) is 0 Å². The molecule has 1 aliphatic heterocycles. The maximum atomic E-state index is 9.59. The Morgan fingerprint density at radius 2 is 2.12 bits per heavy atom. The quantitative estimate of drug-likeness (QED) is 0.860. The summed E-state index contributed by atoms with van der Waals surface area (Å²) in [6.45, 7) is 6.03. The van der Waals surface area contributed by atoms with Crippen LogP contribution in [-0.2, 0) is 0 Å². The fourth-order valence-corrected chi connectivity index (χ4v) is 2.43. The Morgan fingerprint density at radius 3 is 2.71 bits per heavy atom. The highest BCUT2D eigenvalue weighted by Gasteiger charge is 2.21. The van der Waals surface area contributed by atoms with E-state index in [0.29, 0.717) is 0 Å². The van der Waals surface area contributed by atoms with Crippen LogP contribution in [0.3, 0.4) is 0 Å². The minimum absolute atomic E-state index is 0.0650. The van der Waals surface area contributed by atoms with Crippen LogP contribution >= 0.6 is 11.6 Å². The predicted molar refractivity (Wildman–Crippen MR) is 70.5 cm³/mol. The van der Waals surface area contributed by atoms with Crippen molar-refractivity contribution in [1.29, 1.82) is 0 Å². The highest BCUT2D eigenvalue weighted by atomic mass is 35.5. The van der Waals surface area contributed by atoms with Gasteiger partial charge in [-0.15, -0.1) is 0 Å². The average molecular weight is 255 g/mol. The van der Waals surface area contributed by atoms with Gasteiger partial charge in [-0.3, -0.25) is 4.90 Å². The van der Waals surface area contributed by atoms with Gasteiger partial charge in [-0.2, -0.15) is 0 Å². The molecule has 4 heteroatoms. The van der Waals surface area contributed by atoms with Crippen molar-refractivity contribution in [2.75, 3.05) is 32.8 Å². The SMILES string of the molecule is Cc1ccc(C(CO)N2CCNCC2)cc1Cl. The minimum Gasteiger partial charge on any atom is -0.394 e. The minimum atomic E-state index is 0.0650. The van der Waals surface area contributed by atoms with E-state index in [2.05, 4.69) is 16.3 Å². The third-order valence-electron chi connectivity index (χ3n) is 3.35. The number of piperazine rings is 1. The van der Waals surface area contributed by atoms with Crippen molar-refractivity contribution in [3.63, 3.8) is 0 Å². The Kier molecular flexibility index (Phi) is 4.40. The summed E-state index contributed by atoms with van der Waals surface area (Å²) in [5.41, 5.74) is 2.18. The van der Waals surface area contributed by atoms with Crippen LogP contribution in [0.25, 0.3) is 0 Å². The smallest absolute Gasteiger partial charge is 0.0628 e. The Hall–Kier alpha value is -0.610. The second-order valence-electron chi connectivity index (χ2n) is 4.49. The van der Waals surface area contributed by atoms with Crippen LogP contribution in [0.1, 0.15) is 17.2 Å². The molecule has 1 saturated heterocycles. The number of rotatable bonds is 3. The molecular formula is C13H19ClN2O. The number of nitrogens with zero attached hydrogens (tertiary/aromatic N) is 1. The molecule has 0 bridgehead atoms. The zero-order valence-electron chi connectivity index (χ0n) is 10.1. The van der Waals surface area contributed by atoms with Crippen LogP contribution in [0.2, 0.25) is 5.02 Å². The fourth-order valence-electron chi connectivity index (χ4n) is 2.24. The molecule has 1 fully saturated rings. The molecule has 1 aliphatic rings. The van der Waals surface area contributed by atoms with E-state index in [-0.39, 0.29) is 12.6 Å². The standard InChI is InChI=1S/C13H19ClN2O/c1-10-2-3-11(8-12(10)14)13(9-17)16-6-4-15-5-7-16/h2-3,8,13,15,17H,4-7,9H2,1H3. The highest BCUT2D eigenvalue weighted by Crippen LogP contribution is 2.25. The number of benzene rings is 1. The van der Waals surface area contributed by atoms with Crippen LogP contribution in [0.5, 0.6) is 0 Å². The van der Waals surface area contributed by atoms with Crippen LogP contribution in [0.4, 0.5) is 0 Å². The fraction of sp³-hybridized carbons (Fsp3) is 0.538. The maximum absolute atomic E-state index is 9.59. The van der Waals surface area contributed by atoms with E-state index >= 15 is 0 Å². The van der Waals surface area contributed by atoms with Gasteiger partial charge in [-0.1, -0.05) is 23.7 Å². The van der Waals surface area contributed by atoms with Crippen molar-refractivity contribution in [1.82, 2.24) is 10.2 Å². The highest BCUT2D eigenvalue weighted by molar-refractivity contribution is 6.31. The number of aliphatic hydroxyl groups is 1. The van der Waals surface area contributed by atoms with Gasteiger partial charge in [0.05, 0.1) is 12.6 Å². The molecule has 1 unspecified atom stereocenters. The molecular weight excluding hydrogens is 236 g/mol. The van der Waals surface area contributed by atoms with E-state index in [1.165, 1.54) is 0 Å². The summed E-state index contributed by atoms with van der Waals surface area (Å²) in [6, 6.07) is 6.11. The molecule has 2 rings (SSSR count). The summed E-state index contributed by atoms with van der Waals surface area (Å²) in [5.74, 6) is 0. The Bertz CT molecular complexity index is 378. The maximum Gasteiger partial charge on any atom is 0.0628 e. The van der Waals surface area contributed by atoms with E-state index < -0.39 is 0 Å². The molecule has 1 heterocycles. The van der Waals surface area contributed by atoms with Crippen LogP contribution in [0, 0.1) is 6.92 Å². The van der Waals surface area contributed by atoms with E-state index in [4.69, 9.17) is 11.6 Å². The zero-order valence-corrected chi connectivity index (χ0v) is 10.9. The molecule has 3 nitrogen and oxygen atoms in total. The summed E-state index contributed by atoms with van der Waals surface area (Å²) in [5, 5.41) is 13.7. The zero-order chi connectivity index (χ0) is 12.3. The molecule has 0 saturated carbocycles. The summed E-state index contributed by atoms with van der Waals surface area (Å²) >= 11 is 6.14. The second kappa shape index (κ2) is 5.83. The summed E-state index contributed by atoms with van der Waals surface area (Å²) in [4.78, 5) is 2.30. The summed E-state index contributed by atoms with van der Waals surface area (Å²) in [7, 11) is 0. The van der Waals surface area contributed by atoms with Crippen LogP contribution in [0.15, 0.2) is 18.2 Å². The largest absolute Gasteiger partial charge is 0.394 e. The van der Waals surface area contributed by atoms with Gasteiger partial charge >= 0.3 is 0 Å². The van der Waals surface area contributed by atoms with Gasteiger partial charge in [0.15, 0.2) is 0 Å². The van der Waals surface area contributed by atoms with Crippen molar-refractivity contribution in [2.24, 2.45) is 0 Å². The van der Waals surface area contributed by atoms with E-state index in [1.54, 1.807) is 0 Å². The van der Waals surface area contributed by atoms with E-state index in [0.717, 1.165) is 42.3 Å². The number of hydrogen-bond acceptors (Lipinski definition) is 3. The molecule has 0 spiro atoms. The summed E-state index contributed by atoms with van der Waals surface area (Å²) in [6.07, 6.45) is 0. The lowest BCUT2D eigenvalue weighted by atomic mass is 10.0. The van der Waals surface area contributed by atoms with Crippen molar-refractivity contribution >= 4 is 11.6 Å². The first-order valence-corrected chi connectivity index (χ1v) is 6.42. The number of nitrogens with one attached hydrogen (secondary N) is 1. The van der Waals surface area contributed by atoms with Crippen molar-refractivity contribution in [2.45, 2.75) is 13.0 Å². The third-order valence-corrected chi connectivity index (χ3v) is 3.75. The molecule has 2 N–H and O–H groups in total. The number of aryl methyl sites for hydroxylation is 1. The van der Waals surface area contributed by atoms with E-state index in [1.807, 2.05) is 19.1 Å². The molecule has 0 radical (unpaired) electrons. The van der Waals surface area contributed by atoms with E-state index in [9.17, 15) is 5.11 Å². The molecule has 1 atom stereocenters. The third kappa shape index (κ3) is 2.99. The second-order valence-corrected chi connectivity index (χ2v) is 4.90. The van der Waals surface area contributed by atoms with Crippen molar-refractivity contribution < 1.29 is 5.11 Å². The Balaban J connectivity index is 2.18. The normalized spacial score (nSPS) is 19.2. The van der Waals surface area contributed by atoms with Crippen LogP contribution in [-0.4, -0.2) is 42.8 Å². The van der Waals surface area contributed by atoms with Gasteiger partial charge in [0.2, 0.25) is 0 Å². The molecule has 0 aliphatic carbocycles. The molecule has 1 aromatic rings. The topological polar surface area (TPSA) is 35.5 Å². The molecule has 94 valence electrons.